The van der Waals surface area contributed by atoms with Crippen LogP contribution in [0.25, 0.3) is 0 Å². The minimum absolute atomic E-state index is 0.159. The van der Waals surface area contributed by atoms with Gasteiger partial charge in [0.15, 0.2) is 0 Å². The standard InChI is InChI=1S/C12H23N3O4/c1-5-13-10(17)14-8-6-15(7-9(8)16)11(18)19-12(2,3)4/h8-9,16H,5-7H2,1-4H3,(H2,13,14,17)/t8-,9-/m0/s1. The van der Waals surface area contributed by atoms with Crippen LogP contribution in [0.2, 0.25) is 0 Å². The minimum Gasteiger partial charge on any atom is -0.444 e. The van der Waals surface area contributed by atoms with Crippen molar-refractivity contribution in [3.8, 4) is 0 Å². The van der Waals surface area contributed by atoms with Gasteiger partial charge in [0.25, 0.3) is 0 Å². The number of nitrogens with zero attached hydrogens (tertiary/aromatic N) is 1. The summed E-state index contributed by atoms with van der Waals surface area (Å²) in [6.45, 7) is 8.05. The van der Waals surface area contributed by atoms with Crippen LogP contribution in [0.4, 0.5) is 9.59 Å². The average molecular weight is 273 g/mol. The van der Waals surface area contributed by atoms with Gasteiger partial charge in [-0.05, 0) is 27.7 Å². The van der Waals surface area contributed by atoms with Gasteiger partial charge in [0, 0.05) is 13.1 Å². The van der Waals surface area contributed by atoms with Crippen molar-refractivity contribution in [3.63, 3.8) is 0 Å². The number of aliphatic hydroxyl groups is 1. The van der Waals surface area contributed by atoms with Gasteiger partial charge in [0.1, 0.15) is 5.60 Å². The lowest BCUT2D eigenvalue weighted by Crippen LogP contribution is -2.47. The van der Waals surface area contributed by atoms with Gasteiger partial charge in [-0.2, -0.15) is 0 Å². The molecule has 19 heavy (non-hydrogen) atoms. The molecule has 0 spiro atoms. The van der Waals surface area contributed by atoms with Crippen molar-refractivity contribution in [2.75, 3.05) is 19.6 Å². The van der Waals surface area contributed by atoms with Gasteiger partial charge in [-0.25, -0.2) is 9.59 Å². The summed E-state index contributed by atoms with van der Waals surface area (Å²) in [6.07, 6.45) is -1.26. The van der Waals surface area contributed by atoms with Gasteiger partial charge >= 0.3 is 12.1 Å². The SMILES string of the molecule is CCNC(=O)N[C@H]1CN(C(=O)OC(C)(C)C)C[C@@H]1O. The molecule has 1 fully saturated rings. The van der Waals surface area contributed by atoms with Crippen LogP contribution < -0.4 is 10.6 Å². The zero-order valence-electron chi connectivity index (χ0n) is 11.9. The van der Waals surface area contributed by atoms with E-state index in [1.807, 2.05) is 0 Å². The molecular formula is C12H23N3O4. The largest absolute Gasteiger partial charge is 0.444 e. The fourth-order valence-corrected chi connectivity index (χ4v) is 1.78. The number of aliphatic hydroxyl groups excluding tert-OH is 1. The van der Waals surface area contributed by atoms with Gasteiger partial charge in [-0.1, -0.05) is 0 Å². The van der Waals surface area contributed by atoms with E-state index in [4.69, 9.17) is 4.74 Å². The Hall–Kier alpha value is -1.50. The van der Waals surface area contributed by atoms with E-state index in [-0.39, 0.29) is 19.1 Å². The third-order valence-corrected chi connectivity index (χ3v) is 2.59. The quantitative estimate of drug-likeness (QED) is 0.674. The molecule has 1 aliphatic heterocycles. The second-order valence-electron chi connectivity index (χ2n) is 5.56. The van der Waals surface area contributed by atoms with Gasteiger partial charge in [-0.15, -0.1) is 0 Å². The van der Waals surface area contributed by atoms with Crippen molar-refractivity contribution in [1.82, 2.24) is 15.5 Å². The number of hydrogen-bond donors (Lipinski definition) is 3. The first-order valence-corrected chi connectivity index (χ1v) is 6.43. The summed E-state index contributed by atoms with van der Waals surface area (Å²) in [5, 5.41) is 15.0. The molecule has 0 aliphatic carbocycles. The highest BCUT2D eigenvalue weighted by atomic mass is 16.6. The molecule has 2 atom stereocenters. The summed E-state index contributed by atoms with van der Waals surface area (Å²) < 4.78 is 5.22. The minimum atomic E-state index is -0.782. The lowest BCUT2D eigenvalue weighted by atomic mass is 10.2. The Kier molecular flexibility index (Phi) is 4.99. The third kappa shape index (κ3) is 4.94. The molecule has 110 valence electrons. The summed E-state index contributed by atoms with van der Waals surface area (Å²) >= 11 is 0. The van der Waals surface area contributed by atoms with Crippen LogP contribution in [-0.2, 0) is 4.74 Å². The fourth-order valence-electron chi connectivity index (χ4n) is 1.78. The first-order valence-electron chi connectivity index (χ1n) is 6.43. The molecule has 0 aromatic heterocycles. The molecule has 1 aliphatic rings. The first-order chi connectivity index (χ1) is 8.73. The van der Waals surface area contributed by atoms with E-state index in [0.717, 1.165) is 0 Å². The number of carbonyl (C=O) groups excluding carboxylic acids is 2. The highest BCUT2D eigenvalue weighted by Crippen LogP contribution is 2.15. The van der Waals surface area contributed by atoms with E-state index < -0.39 is 23.8 Å². The zero-order chi connectivity index (χ0) is 14.6. The van der Waals surface area contributed by atoms with Crippen molar-refractivity contribution < 1.29 is 19.4 Å². The Morgan fingerprint density at radius 3 is 2.53 bits per heavy atom. The molecule has 1 rings (SSSR count). The number of carbonyl (C=O) groups is 2. The summed E-state index contributed by atoms with van der Waals surface area (Å²) in [5.41, 5.74) is -0.576. The molecule has 0 aromatic carbocycles. The topological polar surface area (TPSA) is 90.9 Å². The fraction of sp³-hybridized carbons (Fsp3) is 0.833. The van der Waals surface area contributed by atoms with Crippen molar-refractivity contribution >= 4 is 12.1 Å². The Balaban J connectivity index is 2.50. The number of urea groups is 1. The van der Waals surface area contributed by atoms with Crippen molar-refractivity contribution in [2.24, 2.45) is 0 Å². The van der Waals surface area contributed by atoms with E-state index in [0.29, 0.717) is 6.54 Å². The number of likely N-dealkylation sites (tertiary alicyclic amines) is 1. The number of hydrogen-bond acceptors (Lipinski definition) is 4. The molecule has 0 radical (unpaired) electrons. The molecule has 7 nitrogen and oxygen atoms in total. The molecular weight excluding hydrogens is 250 g/mol. The number of nitrogens with one attached hydrogen (secondary N) is 2. The number of β-amino-alcohol motifs (C(OH)–C–C–N with tert-alkyl or cyclic N) is 1. The Morgan fingerprint density at radius 1 is 1.37 bits per heavy atom. The monoisotopic (exact) mass is 273 g/mol. The molecule has 7 heteroatoms. The summed E-state index contributed by atoms with van der Waals surface area (Å²) in [7, 11) is 0. The smallest absolute Gasteiger partial charge is 0.410 e. The summed E-state index contributed by atoms with van der Waals surface area (Å²) in [5.74, 6) is 0. The molecule has 1 heterocycles. The average Bonchev–Trinajstić information content (AvgIpc) is 2.58. The van der Waals surface area contributed by atoms with E-state index in [2.05, 4.69) is 10.6 Å². The Morgan fingerprint density at radius 2 is 2.00 bits per heavy atom. The molecule has 0 unspecified atom stereocenters. The van der Waals surface area contributed by atoms with Crippen LogP contribution >= 0.6 is 0 Å². The van der Waals surface area contributed by atoms with Gasteiger partial charge < -0.3 is 25.4 Å². The molecule has 0 saturated carbocycles. The Labute approximate surface area is 113 Å². The maximum absolute atomic E-state index is 11.8. The predicted molar refractivity (Wildman–Crippen MR) is 69.8 cm³/mol. The van der Waals surface area contributed by atoms with Crippen molar-refractivity contribution in [1.29, 1.82) is 0 Å². The summed E-state index contributed by atoms with van der Waals surface area (Å²) in [4.78, 5) is 24.6. The van der Waals surface area contributed by atoms with Crippen LogP contribution in [-0.4, -0.2) is 59.5 Å². The van der Waals surface area contributed by atoms with Gasteiger partial charge in [0.05, 0.1) is 18.7 Å². The first kappa shape index (κ1) is 15.6. The predicted octanol–water partition coefficient (Wildman–Crippen LogP) is 0.286. The maximum Gasteiger partial charge on any atom is 0.410 e. The third-order valence-electron chi connectivity index (χ3n) is 2.59. The number of amides is 3. The molecule has 3 amide bonds. The lowest BCUT2D eigenvalue weighted by molar-refractivity contribution is 0.0270. The van der Waals surface area contributed by atoms with Crippen LogP contribution in [0, 0.1) is 0 Å². The van der Waals surface area contributed by atoms with E-state index in [1.165, 1.54) is 4.90 Å². The van der Waals surface area contributed by atoms with Crippen molar-refractivity contribution in [3.05, 3.63) is 0 Å². The van der Waals surface area contributed by atoms with Crippen molar-refractivity contribution in [2.45, 2.75) is 45.4 Å². The maximum atomic E-state index is 11.8. The lowest BCUT2D eigenvalue weighted by Gasteiger charge is -2.24. The van der Waals surface area contributed by atoms with Gasteiger partial charge in [0.2, 0.25) is 0 Å². The molecule has 0 bridgehead atoms. The van der Waals surface area contributed by atoms with Crippen LogP contribution in [0.3, 0.4) is 0 Å². The zero-order valence-corrected chi connectivity index (χ0v) is 11.9. The van der Waals surface area contributed by atoms with Gasteiger partial charge in [-0.3, -0.25) is 0 Å². The summed E-state index contributed by atoms with van der Waals surface area (Å²) in [6, 6.07) is -0.823. The second kappa shape index (κ2) is 6.10. The number of ether oxygens (including phenoxy) is 1. The molecule has 0 aromatic rings. The van der Waals surface area contributed by atoms with E-state index in [1.54, 1.807) is 27.7 Å². The highest BCUT2D eigenvalue weighted by molar-refractivity contribution is 5.74. The highest BCUT2D eigenvalue weighted by Gasteiger charge is 2.36. The second-order valence-corrected chi connectivity index (χ2v) is 5.56. The van der Waals surface area contributed by atoms with Crippen LogP contribution in [0.15, 0.2) is 0 Å². The van der Waals surface area contributed by atoms with Crippen LogP contribution in [0.5, 0.6) is 0 Å². The van der Waals surface area contributed by atoms with E-state index >= 15 is 0 Å². The molecule has 3 N–H and O–H groups in total. The van der Waals surface area contributed by atoms with Crippen LogP contribution in [0.1, 0.15) is 27.7 Å². The van der Waals surface area contributed by atoms with E-state index in [9.17, 15) is 14.7 Å². The Bertz CT molecular complexity index is 340. The molecule has 1 saturated heterocycles. The number of rotatable bonds is 2. The normalized spacial score (nSPS) is 23.1.